The van der Waals surface area contributed by atoms with E-state index in [-0.39, 0.29) is 6.61 Å². The quantitative estimate of drug-likeness (QED) is 0.328. The van der Waals surface area contributed by atoms with Crippen LogP contribution >= 0.6 is 0 Å². The highest BCUT2D eigenvalue weighted by atomic mass is 16.6. The highest BCUT2D eigenvalue weighted by Gasteiger charge is 2.01. The van der Waals surface area contributed by atoms with E-state index in [1.165, 1.54) is 0 Å². The van der Waals surface area contributed by atoms with Gasteiger partial charge in [0.05, 0.1) is 26.4 Å². The number of ether oxygens (including phenoxy) is 3. The number of aliphatic hydroxyl groups excluding tert-OH is 1. The molecule has 0 aromatic rings. The first-order chi connectivity index (χ1) is 6.31. The van der Waals surface area contributed by atoms with Gasteiger partial charge in [0.1, 0.15) is 0 Å². The van der Waals surface area contributed by atoms with Crippen molar-refractivity contribution in [1.29, 1.82) is 0 Å². The van der Waals surface area contributed by atoms with Crippen LogP contribution in [0.5, 0.6) is 0 Å². The minimum atomic E-state index is -0.875. The van der Waals surface area contributed by atoms with E-state index in [4.69, 9.17) is 19.3 Å². The monoisotopic (exact) mass is 190 g/mol. The van der Waals surface area contributed by atoms with Crippen molar-refractivity contribution in [2.45, 2.75) is 13.2 Å². The van der Waals surface area contributed by atoms with E-state index in [1.807, 2.05) is 6.92 Å². The first kappa shape index (κ1) is 12.6. The van der Waals surface area contributed by atoms with Gasteiger partial charge in [0.15, 0.2) is 6.29 Å². The van der Waals surface area contributed by atoms with Crippen LogP contribution in [0.3, 0.4) is 0 Å². The van der Waals surface area contributed by atoms with Crippen LogP contribution in [0.2, 0.25) is 0 Å². The van der Waals surface area contributed by atoms with Gasteiger partial charge in [-0.1, -0.05) is 6.08 Å². The van der Waals surface area contributed by atoms with Gasteiger partial charge < -0.3 is 19.3 Å². The van der Waals surface area contributed by atoms with E-state index >= 15 is 0 Å². The molecule has 0 amide bonds. The van der Waals surface area contributed by atoms with Gasteiger partial charge in [-0.25, -0.2) is 0 Å². The van der Waals surface area contributed by atoms with Crippen molar-refractivity contribution in [3.63, 3.8) is 0 Å². The summed E-state index contributed by atoms with van der Waals surface area (Å²) in [5.41, 5.74) is 0. The van der Waals surface area contributed by atoms with E-state index < -0.39 is 6.29 Å². The van der Waals surface area contributed by atoms with E-state index in [9.17, 15) is 0 Å². The lowest BCUT2D eigenvalue weighted by molar-refractivity contribution is -0.133. The molecule has 4 nitrogen and oxygen atoms in total. The minimum Gasteiger partial charge on any atom is -0.379 e. The fourth-order valence-corrected chi connectivity index (χ4v) is 0.674. The summed E-state index contributed by atoms with van der Waals surface area (Å²) in [5.74, 6) is 0. The number of hydrogen-bond acceptors (Lipinski definition) is 4. The van der Waals surface area contributed by atoms with Crippen LogP contribution in [0.25, 0.3) is 0 Å². The van der Waals surface area contributed by atoms with Gasteiger partial charge in [0.25, 0.3) is 0 Å². The third-order valence-electron chi connectivity index (χ3n) is 1.24. The van der Waals surface area contributed by atoms with E-state index in [1.54, 1.807) is 6.08 Å². The second kappa shape index (κ2) is 9.67. The Balaban J connectivity index is 3.07. The molecule has 0 radical (unpaired) electrons. The molecule has 0 aromatic heterocycles. The van der Waals surface area contributed by atoms with Gasteiger partial charge in [0, 0.05) is 6.61 Å². The molecule has 0 spiro atoms. The zero-order chi connectivity index (χ0) is 9.94. The minimum absolute atomic E-state index is 0.168. The molecule has 1 atom stereocenters. The Labute approximate surface area is 79.1 Å². The van der Waals surface area contributed by atoms with Crippen molar-refractivity contribution in [3.05, 3.63) is 12.7 Å². The van der Waals surface area contributed by atoms with Crippen LogP contribution in [0.1, 0.15) is 6.92 Å². The molecule has 78 valence electrons. The lowest BCUT2D eigenvalue weighted by atomic mass is 10.6. The summed E-state index contributed by atoms with van der Waals surface area (Å²) in [6.45, 7) is 7.57. The Morgan fingerprint density at radius 1 is 1.38 bits per heavy atom. The first-order valence-corrected chi connectivity index (χ1v) is 4.37. The van der Waals surface area contributed by atoms with E-state index in [0.29, 0.717) is 26.4 Å². The van der Waals surface area contributed by atoms with Gasteiger partial charge >= 0.3 is 0 Å². The average molecular weight is 190 g/mol. The highest BCUT2D eigenvalue weighted by molar-refractivity contribution is 4.64. The molecule has 0 saturated carbocycles. The Kier molecular flexibility index (Phi) is 9.35. The molecule has 0 rings (SSSR count). The molecule has 4 heteroatoms. The molecule has 0 bridgehead atoms. The standard InChI is InChI=1S/C9H18O4/c1-3-5-13-9(10)8-12-7-6-11-4-2/h3,9-10H,1,4-8H2,2H3. The Hall–Kier alpha value is -0.420. The second-order valence-corrected chi connectivity index (χ2v) is 2.35. The summed E-state index contributed by atoms with van der Waals surface area (Å²) >= 11 is 0. The molecule has 0 aliphatic carbocycles. The summed E-state index contributed by atoms with van der Waals surface area (Å²) in [7, 11) is 0. The number of rotatable bonds is 9. The van der Waals surface area contributed by atoms with Crippen LogP contribution < -0.4 is 0 Å². The third-order valence-corrected chi connectivity index (χ3v) is 1.24. The molecule has 0 fully saturated rings. The Morgan fingerprint density at radius 3 is 2.69 bits per heavy atom. The normalized spacial score (nSPS) is 12.8. The molecular formula is C9H18O4. The van der Waals surface area contributed by atoms with Gasteiger partial charge in [-0.3, -0.25) is 0 Å². The molecule has 0 saturated heterocycles. The summed E-state index contributed by atoms with van der Waals surface area (Å²) in [6, 6.07) is 0. The van der Waals surface area contributed by atoms with Gasteiger partial charge in [0.2, 0.25) is 0 Å². The first-order valence-electron chi connectivity index (χ1n) is 4.37. The maximum absolute atomic E-state index is 9.10. The van der Waals surface area contributed by atoms with Crippen molar-refractivity contribution < 1.29 is 19.3 Å². The SMILES string of the molecule is C=CCOC(O)COCCOCC. The summed E-state index contributed by atoms with van der Waals surface area (Å²) in [4.78, 5) is 0. The predicted octanol–water partition coefficient (Wildman–Crippen LogP) is 0.560. The van der Waals surface area contributed by atoms with Crippen molar-refractivity contribution in [3.8, 4) is 0 Å². The smallest absolute Gasteiger partial charge is 0.178 e. The summed E-state index contributed by atoms with van der Waals surface area (Å²) in [6.07, 6.45) is 0.697. The number of aliphatic hydroxyl groups is 1. The van der Waals surface area contributed by atoms with Gasteiger partial charge in [-0.2, -0.15) is 0 Å². The molecule has 0 aliphatic heterocycles. The maximum atomic E-state index is 9.10. The lowest BCUT2D eigenvalue weighted by Crippen LogP contribution is -2.20. The number of hydrogen-bond donors (Lipinski definition) is 1. The third kappa shape index (κ3) is 9.49. The van der Waals surface area contributed by atoms with Crippen LogP contribution in [-0.2, 0) is 14.2 Å². The molecule has 0 aliphatic rings. The van der Waals surface area contributed by atoms with Crippen LogP contribution in [-0.4, -0.2) is 44.4 Å². The zero-order valence-electron chi connectivity index (χ0n) is 8.07. The lowest BCUT2D eigenvalue weighted by Gasteiger charge is -2.10. The fraction of sp³-hybridized carbons (Fsp3) is 0.778. The largest absolute Gasteiger partial charge is 0.379 e. The second-order valence-electron chi connectivity index (χ2n) is 2.35. The van der Waals surface area contributed by atoms with Crippen molar-refractivity contribution in [2.24, 2.45) is 0 Å². The zero-order valence-corrected chi connectivity index (χ0v) is 8.07. The van der Waals surface area contributed by atoms with Crippen molar-refractivity contribution in [2.75, 3.05) is 33.0 Å². The molecule has 1 unspecified atom stereocenters. The summed E-state index contributed by atoms with van der Waals surface area (Å²) < 4.78 is 15.0. The van der Waals surface area contributed by atoms with Gasteiger partial charge in [-0.05, 0) is 6.92 Å². The molecule has 0 heterocycles. The van der Waals surface area contributed by atoms with Crippen molar-refractivity contribution >= 4 is 0 Å². The molecule has 1 N–H and O–H groups in total. The highest BCUT2D eigenvalue weighted by Crippen LogP contribution is 1.89. The maximum Gasteiger partial charge on any atom is 0.178 e. The van der Waals surface area contributed by atoms with E-state index in [0.717, 1.165) is 0 Å². The van der Waals surface area contributed by atoms with E-state index in [2.05, 4.69) is 6.58 Å². The van der Waals surface area contributed by atoms with Crippen LogP contribution in [0.15, 0.2) is 12.7 Å². The average Bonchev–Trinajstić information content (AvgIpc) is 2.14. The summed E-state index contributed by atoms with van der Waals surface area (Å²) in [5, 5.41) is 9.10. The molecule has 13 heavy (non-hydrogen) atoms. The van der Waals surface area contributed by atoms with Crippen molar-refractivity contribution in [1.82, 2.24) is 0 Å². The Bertz CT molecular complexity index is 116. The predicted molar refractivity (Wildman–Crippen MR) is 49.5 cm³/mol. The Morgan fingerprint density at radius 2 is 2.08 bits per heavy atom. The molecule has 0 aromatic carbocycles. The fourth-order valence-electron chi connectivity index (χ4n) is 0.674. The van der Waals surface area contributed by atoms with Gasteiger partial charge in [-0.15, -0.1) is 6.58 Å². The van der Waals surface area contributed by atoms with Crippen LogP contribution in [0, 0.1) is 0 Å². The van der Waals surface area contributed by atoms with Crippen LogP contribution in [0.4, 0.5) is 0 Å². The molecular weight excluding hydrogens is 172 g/mol. The topological polar surface area (TPSA) is 47.9 Å².